The fourth-order valence-corrected chi connectivity index (χ4v) is 2.37. The SMILES string of the molecule is COc1ccc(C2=NN[C@@H](c3ccccc3)C2)c(O)c1. The molecular formula is C16H16N2O2. The van der Waals surface area contributed by atoms with Gasteiger partial charge in [-0.3, -0.25) is 0 Å². The Balaban J connectivity index is 1.80. The van der Waals surface area contributed by atoms with Gasteiger partial charge in [0, 0.05) is 18.1 Å². The standard InChI is InChI=1S/C16H16N2O2/c1-20-12-7-8-13(16(19)9-12)15-10-14(17-18-15)11-5-3-2-4-6-11/h2-9,14,17,19H,10H2,1H3/t14-/m1/s1. The first-order valence-corrected chi connectivity index (χ1v) is 6.52. The number of hydrazone groups is 1. The lowest BCUT2D eigenvalue weighted by molar-refractivity contribution is 0.407. The largest absolute Gasteiger partial charge is 0.507 e. The Bertz CT molecular complexity index is 638. The quantitative estimate of drug-likeness (QED) is 0.900. The molecule has 0 unspecified atom stereocenters. The number of ether oxygens (including phenoxy) is 1. The van der Waals surface area contributed by atoms with E-state index in [2.05, 4.69) is 22.7 Å². The van der Waals surface area contributed by atoms with Crippen LogP contribution in [0, 0.1) is 0 Å². The monoisotopic (exact) mass is 268 g/mol. The normalized spacial score (nSPS) is 17.4. The number of phenols is 1. The molecule has 1 heterocycles. The van der Waals surface area contributed by atoms with Gasteiger partial charge in [0.15, 0.2) is 0 Å². The van der Waals surface area contributed by atoms with Gasteiger partial charge in [0.1, 0.15) is 11.5 Å². The zero-order chi connectivity index (χ0) is 13.9. The Hall–Kier alpha value is -2.49. The molecule has 0 aromatic heterocycles. The summed E-state index contributed by atoms with van der Waals surface area (Å²) in [6.07, 6.45) is 0.754. The van der Waals surface area contributed by atoms with Crippen molar-refractivity contribution in [1.82, 2.24) is 5.43 Å². The molecule has 0 fully saturated rings. The highest BCUT2D eigenvalue weighted by molar-refractivity contribution is 6.04. The highest BCUT2D eigenvalue weighted by atomic mass is 16.5. The Labute approximate surface area is 117 Å². The molecule has 0 bridgehead atoms. The van der Waals surface area contributed by atoms with Crippen molar-refractivity contribution < 1.29 is 9.84 Å². The van der Waals surface area contributed by atoms with Gasteiger partial charge < -0.3 is 15.3 Å². The molecule has 1 aliphatic heterocycles. The molecule has 2 aromatic carbocycles. The van der Waals surface area contributed by atoms with Crippen LogP contribution < -0.4 is 10.2 Å². The third-order valence-electron chi connectivity index (χ3n) is 3.47. The molecular weight excluding hydrogens is 252 g/mol. The van der Waals surface area contributed by atoms with Crippen molar-refractivity contribution in [1.29, 1.82) is 0 Å². The zero-order valence-corrected chi connectivity index (χ0v) is 11.2. The van der Waals surface area contributed by atoms with Crippen molar-refractivity contribution in [2.75, 3.05) is 7.11 Å². The number of nitrogens with zero attached hydrogens (tertiary/aromatic N) is 1. The summed E-state index contributed by atoms with van der Waals surface area (Å²) in [6.45, 7) is 0. The summed E-state index contributed by atoms with van der Waals surface area (Å²) in [5.41, 5.74) is 5.92. The highest BCUT2D eigenvalue weighted by Crippen LogP contribution is 2.30. The first kappa shape index (κ1) is 12.5. The van der Waals surface area contributed by atoms with Crippen LogP contribution in [0.2, 0.25) is 0 Å². The molecule has 3 rings (SSSR count). The lowest BCUT2D eigenvalue weighted by Gasteiger charge is -2.10. The predicted molar refractivity (Wildman–Crippen MR) is 78.1 cm³/mol. The molecule has 0 spiro atoms. The smallest absolute Gasteiger partial charge is 0.128 e. The second-order valence-corrected chi connectivity index (χ2v) is 4.74. The van der Waals surface area contributed by atoms with E-state index in [1.807, 2.05) is 30.3 Å². The fraction of sp³-hybridized carbons (Fsp3) is 0.188. The van der Waals surface area contributed by atoms with E-state index >= 15 is 0 Å². The summed E-state index contributed by atoms with van der Waals surface area (Å²) in [4.78, 5) is 0. The van der Waals surface area contributed by atoms with Crippen molar-refractivity contribution in [3.05, 3.63) is 59.7 Å². The first-order valence-electron chi connectivity index (χ1n) is 6.52. The van der Waals surface area contributed by atoms with Crippen LogP contribution in [-0.2, 0) is 0 Å². The van der Waals surface area contributed by atoms with Gasteiger partial charge in [-0.2, -0.15) is 5.10 Å². The molecule has 2 N–H and O–H groups in total. The topological polar surface area (TPSA) is 53.8 Å². The van der Waals surface area contributed by atoms with Gasteiger partial charge in [0.25, 0.3) is 0 Å². The van der Waals surface area contributed by atoms with E-state index in [1.54, 1.807) is 13.2 Å². The van der Waals surface area contributed by atoms with Gasteiger partial charge in [0.05, 0.1) is 18.9 Å². The maximum absolute atomic E-state index is 10.1. The minimum Gasteiger partial charge on any atom is -0.507 e. The molecule has 4 heteroatoms. The van der Waals surface area contributed by atoms with Crippen LogP contribution in [0.25, 0.3) is 0 Å². The average Bonchev–Trinajstić information content (AvgIpc) is 2.97. The van der Waals surface area contributed by atoms with Gasteiger partial charge in [-0.15, -0.1) is 0 Å². The number of phenolic OH excluding ortho intramolecular Hbond substituents is 1. The summed E-state index contributed by atoms with van der Waals surface area (Å²) in [7, 11) is 1.58. The van der Waals surface area contributed by atoms with Crippen molar-refractivity contribution in [2.45, 2.75) is 12.5 Å². The minimum atomic E-state index is 0.160. The summed E-state index contributed by atoms with van der Waals surface area (Å²) in [5, 5.41) is 14.4. The summed E-state index contributed by atoms with van der Waals surface area (Å²) in [5.74, 6) is 0.830. The predicted octanol–water partition coefficient (Wildman–Crippen LogP) is 2.84. The fourth-order valence-electron chi connectivity index (χ4n) is 2.37. The number of hydrogen-bond donors (Lipinski definition) is 2. The molecule has 0 saturated carbocycles. The van der Waals surface area contributed by atoms with Crippen LogP contribution in [0.5, 0.6) is 11.5 Å². The van der Waals surface area contributed by atoms with E-state index < -0.39 is 0 Å². The van der Waals surface area contributed by atoms with Crippen LogP contribution in [-0.4, -0.2) is 17.9 Å². The second kappa shape index (κ2) is 5.25. The molecule has 1 aliphatic rings. The van der Waals surface area contributed by atoms with Crippen molar-refractivity contribution >= 4 is 5.71 Å². The maximum atomic E-state index is 10.1. The molecule has 4 nitrogen and oxygen atoms in total. The van der Waals surface area contributed by atoms with E-state index in [0.29, 0.717) is 5.75 Å². The van der Waals surface area contributed by atoms with Gasteiger partial charge in [0.2, 0.25) is 0 Å². The van der Waals surface area contributed by atoms with Crippen LogP contribution in [0.4, 0.5) is 0 Å². The Morgan fingerprint density at radius 2 is 2.00 bits per heavy atom. The number of hydrogen-bond acceptors (Lipinski definition) is 4. The summed E-state index contributed by atoms with van der Waals surface area (Å²) < 4.78 is 5.09. The number of aromatic hydroxyl groups is 1. The lowest BCUT2D eigenvalue weighted by Crippen LogP contribution is -2.09. The zero-order valence-electron chi connectivity index (χ0n) is 11.2. The van der Waals surface area contributed by atoms with Gasteiger partial charge in [-0.1, -0.05) is 30.3 Å². The van der Waals surface area contributed by atoms with Crippen molar-refractivity contribution in [3.8, 4) is 11.5 Å². The molecule has 0 amide bonds. The van der Waals surface area contributed by atoms with Crippen LogP contribution in [0.1, 0.15) is 23.6 Å². The van der Waals surface area contributed by atoms with Gasteiger partial charge >= 0.3 is 0 Å². The molecule has 0 saturated heterocycles. The Kier molecular flexibility index (Phi) is 3.29. The number of methoxy groups -OCH3 is 1. The lowest BCUT2D eigenvalue weighted by atomic mass is 9.98. The van der Waals surface area contributed by atoms with E-state index in [1.165, 1.54) is 5.56 Å². The molecule has 102 valence electrons. The third-order valence-corrected chi connectivity index (χ3v) is 3.47. The van der Waals surface area contributed by atoms with Gasteiger partial charge in [-0.05, 0) is 17.7 Å². The third kappa shape index (κ3) is 2.32. The molecule has 0 radical (unpaired) electrons. The number of nitrogens with one attached hydrogen (secondary N) is 1. The molecule has 2 aromatic rings. The highest BCUT2D eigenvalue weighted by Gasteiger charge is 2.22. The second-order valence-electron chi connectivity index (χ2n) is 4.74. The summed E-state index contributed by atoms with van der Waals surface area (Å²) >= 11 is 0. The maximum Gasteiger partial charge on any atom is 0.128 e. The van der Waals surface area contributed by atoms with E-state index in [4.69, 9.17) is 4.74 Å². The number of rotatable bonds is 3. The molecule has 1 atom stereocenters. The van der Waals surface area contributed by atoms with Gasteiger partial charge in [-0.25, -0.2) is 0 Å². The van der Waals surface area contributed by atoms with Crippen LogP contribution >= 0.6 is 0 Å². The van der Waals surface area contributed by atoms with E-state index in [9.17, 15) is 5.11 Å². The van der Waals surface area contributed by atoms with E-state index in [-0.39, 0.29) is 11.8 Å². The molecule has 0 aliphatic carbocycles. The molecule has 20 heavy (non-hydrogen) atoms. The van der Waals surface area contributed by atoms with Crippen molar-refractivity contribution in [3.63, 3.8) is 0 Å². The van der Waals surface area contributed by atoms with Crippen molar-refractivity contribution in [2.24, 2.45) is 5.10 Å². The summed E-state index contributed by atoms with van der Waals surface area (Å²) in [6, 6.07) is 15.6. The first-order chi connectivity index (χ1) is 9.78. The van der Waals surface area contributed by atoms with E-state index in [0.717, 1.165) is 17.7 Å². The number of benzene rings is 2. The Morgan fingerprint density at radius 1 is 1.20 bits per heavy atom. The minimum absolute atomic E-state index is 0.160. The Morgan fingerprint density at radius 3 is 2.70 bits per heavy atom. The van der Waals surface area contributed by atoms with Crippen LogP contribution in [0.3, 0.4) is 0 Å². The average molecular weight is 268 g/mol. The van der Waals surface area contributed by atoms with Crippen LogP contribution in [0.15, 0.2) is 53.6 Å².